The monoisotopic (exact) mass is 317 g/mol. The number of anilines is 2. The number of hydrogen-bond acceptors (Lipinski definition) is 6. The lowest BCUT2D eigenvalue weighted by Crippen LogP contribution is -2.38. The lowest BCUT2D eigenvalue weighted by Gasteiger charge is -2.22. The van der Waals surface area contributed by atoms with E-state index in [1.54, 1.807) is 7.05 Å². The van der Waals surface area contributed by atoms with Gasteiger partial charge in [-0.1, -0.05) is 0 Å². The van der Waals surface area contributed by atoms with Gasteiger partial charge >= 0.3 is 0 Å². The Labute approximate surface area is 133 Å². The highest BCUT2D eigenvalue weighted by Gasteiger charge is 2.24. The van der Waals surface area contributed by atoms with Crippen LogP contribution in [0.5, 0.6) is 0 Å². The minimum absolute atomic E-state index is 0.0946. The van der Waals surface area contributed by atoms with Crippen LogP contribution >= 0.6 is 11.3 Å². The molecular formula is C15H19N5OS. The first-order valence-electron chi connectivity index (χ1n) is 7.27. The summed E-state index contributed by atoms with van der Waals surface area (Å²) in [6.45, 7) is 1.90. The number of aryl methyl sites for hydroxylation is 2. The van der Waals surface area contributed by atoms with Crippen LogP contribution in [0.25, 0.3) is 0 Å². The molecule has 1 aliphatic rings. The van der Waals surface area contributed by atoms with Gasteiger partial charge in [-0.2, -0.15) is 0 Å². The summed E-state index contributed by atoms with van der Waals surface area (Å²) in [5.41, 5.74) is 8.29. The highest BCUT2D eigenvalue weighted by atomic mass is 32.1. The molecule has 3 rings (SSSR count). The Morgan fingerprint density at radius 3 is 3.00 bits per heavy atom. The van der Waals surface area contributed by atoms with E-state index in [9.17, 15) is 4.79 Å². The number of rotatable bonds is 3. The molecule has 6 nitrogen and oxygen atoms in total. The summed E-state index contributed by atoms with van der Waals surface area (Å²) in [5.74, 6) is 0.513. The summed E-state index contributed by atoms with van der Waals surface area (Å²) in [4.78, 5) is 22.4. The van der Waals surface area contributed by atoms with E-state index in [4.69, 9.17) is 5.73 Å². The zero-order valence-corrected chi connectivity index (χ0v) is 13.5. The molecule has 0 radical (unpaired) electrons. The molecule has 0 fully saturated rings. The molecule has 2 aromatic rings. The van der Waals surface area contributed by atoms with Crippen molar-refractivity contribution in [2.24, 2.45) is 0 Å². The van der Waals surface area contributed by atoms with E-state index in [-0.39, 0.29) is 11.9 Å². The fourth-order valence-electron chi connectivity index (χ4n) is 2.71. The number of aromatic nitrogens is 2. The number of pyridine rings is 1. The minimum Gasteiger partial charge on any atom is -0.375 e. The van der Waals surface area contributed by atoms with Crippen molar-refractivity contribution in [3.8, 4) is 0 Å². The number of carbonyl (C=O) groups excluding carboxylic acids is 1. The molecule has 22 heavy (non-hydrogen) atoms. The smallest absolute Gasteiger partial charge is 0.255 e. The number of carbonyl (C=O) groups is 1. The first kappa shape index (κ1) is 14.8. The summed E-state index contributed by atoms with van der Waals surface area (Å²) in [6, 6.07) is 3.77. The van der Waals surface area contributed by atoms with Crippen molar-refractivity contribution >= 4 is 28.2 Å². The maximum Gasteiger partial charge on any atom is 0.255 e. The van der Waals surface area contributed by atoms with E-state index in [1.807, 2.05) is 19.1 Å². The van der Waals surface area contributed by atoms with Crippen molar-refractivity contribution in [1.82, 2.24) is 15.3 Å². The molecule has 4 N–H and O–H groups in total. The molecular weight excluding hydrogens is 298 g/mol. The van der Waals surface area contributed by atoms with Gasteiger partial charge in [0.25, 0.3) is 5.91 Å². The van der Waals surface area contributed by atoms with Crippen LogP contribution in [0.15, 0.2) is 12.1 Å². The Morgan fingerprint density at radius 1 is 1.41 bits per heavy atom. The van der Waals surface area contributed by atoms with Gasteiger partial charge < -0.3 is 16.4 Å². The van der Waals surface area contributed by atoms with E-state index in [1.165, 1.54) is 16.2 Å². The van der Waals surface area contributed by atoms with Crippen LogP contribution in [0.1, 0.15) is 33.0 Å². The molecule has 0 aliphatic heterocycles. The zero-order chi connectivity index (χ0) is 15.7. The highest BCUT2D eigenvalue weighted by Crippen LogP contribution is 2.28. The number of nitrogens with one attached hydrogen (secondary N) is 2. The number of hydrogen-bond donors (Lipinski definition) is 3. The predicted octanol–water partition coefficient (Wildman–Crippen LogP) is 1.76. The van der Waals surface area contributed by atoms with Crippen molar-refractivity contribution < 1.29 is 4.79 Å². The molecule has 2 heterocycles. The molecule has 2 aromatic heterocycles. The zero-order valence-electron chi connectivity index (χ0n) is 12.6. The van der Waals surface area contributed by atoms with Gasteiger partial charge in [0.1, 0.15) is 5.82 Å². The van der Waals surface area contributed by atoms with E-state index in [2.05, 4.69) is 20.6 Å². The number of nitrogens with zero attached hydrogens (tertiary/aromatic N) is 2. The summed E-state index contributed by atoms with van der Waals surface area (Å²) in [5, 5.41) is 6.68. The minimum atomic E-state index is -0.0946. The normalized spacial score (nSPS) is 16.9. The fourth-order valence-corrected chi connectivity index (χ4v) is 3.67. The van der Waals surface area contributed by atoms with Crippen molar-refractivity contribution in [3.05, 3.63) is 34.0 Å². The largest absolute Gasteiger partial charge is 0.375 e. The van der Waals surface area contributed by atoms with Gasteiger partial charge in [0.2, 0.25) is 0 Å². The van der Waals surface area contributed by atoms with Gasteiger partial charge in [-0.25, -0.2) is 9.97 Å². The number of nitrogen functional groups attached to an aromatic ring is 1. The standard InChI is InChI=1S/C15H19N5OS/c1-8-3-5-10(13(17-2)18-8)14(21)19-9-4-6-11-12(7-9)22-15(16)20-11/h3,5,9H,4,6-7H2,1-2H3,(H2,16,20)(H,17,18)(H,19,21)/t9-/m0/s1. The molecule has 0 bridgehead atoms. The molecule has 0 saturated carbocycles. The lowest BCUT2D eigenvalue weighted by molar-refractivity contribution is 0.0934. The van der Waals surface area contributed by atoms with Gasteiger partial charge in [-0.15, -0.1) is 11.3 Å². The molecule has 7 heteroatoms. The summed E-state index contributed by atoms with van der Waals surface area (Å²) < 4.78 is 0. The first-order valence-corrected chi connectivity index (χ1v) is 8.08. The number of fused-ring (bicyclic) bond motifs is 1. The summed E-state index contributed by atoms with van der Waals surface area (Å²) in [7, 11) is 1.77. The van der Waals surface area contributed by atoms with Gasteiger partial charge in [0.15, 0.2) is 5.13 Å². The molecule has 116 valence electrons. The second-order valence-electron chi connectivity index (χ2n) is 5.43. The van der Waals surface area contributed by atoms with E-state index in [0.717, 1.165) is 30.7 Å². The van der Waals surface area contributed by atoms with Crippen molar-refractivity contribution in [3.63, 3.8) is 0 Å². The Kier molecular flexibility index (Phi) is 3.98. The third-order valence-electron chi connectivity index (χ3n) is 3.81. The van der Waals surface area contributed by atoms with Crippen LogP contribution in [0, 0.1) is 6.92 Å². The molecule has 1 aliphatic carbocycles. The van der Waals surface area contributed by atoms with Gasteiger partial charge in [0.05, 0.1) is 11.3 Å². The predicted molar refractivity (Wildman–Crippen MR) is 88.3 cm³/mol. The van der Waals surface area contributed by atoms with Crippen LogP contribution in [0.2, 0.25) is 0 Å². The Bertz CT molecular complexity index is 712. The van der Waals surface area contributed by atoms with Crippen LogP contribution in [0.3, 0.4) is 0 Å². The molecule has 0 saturated heterocycles. The molecule has 1 amide bonds. The highest BCUT2D eigenvalue weighted by molar-refractivity contribution is 7.15. The lowest BCUT2D eigenvalue weighted by atomic mass is 9.97. The molecule has 1 atom stereocenters. The van der Waals surface area contributed by atoms with Crippen molar-refractivity contribution in [2.45, 2.75) is 32.2 Å². The van der Waals surface area contributed by atoms with Crippen LogP contribution in [-0.2, 0) is 12.8 Å². The molecule has 0 spiro atoms. The Hall–Kier alpha value is -2.15. The van der Waals surface area contributed by atoms with E-state index >= 15 is 0 Å². The van der Waals surface area contributed by atoms with Crippen molar-refractivity contribution in [2.75, 3.05) is 18.1 Å². The average Bonchev–Trinajstić information content (AvgIpc) is 2.86. The van der Waals surface area contributed by atoms with Gasteiger partial charge in [0, 0.05) is 30.1 Å². The van der Waals surface area contributed by atoms with Gasteiger partial charge in [-0.05, 0) is 31.9 Å². The third-order valence-corrected chi connectivity index (χ3v) is 4.76. The second-order valence-corrected chi connectivity index (χ2v) is 6.55. The number of thiazole rings is 1. The van der Waals surface area contributed by atoms with Crippen molar-refractivity contribution in [1.29, 1.82) is 0 Å². The molecule has 0 unspecified atom stereocenters. The Balaban J connectivity index is 1.73. The number of amides is 1. The average molecular weight is 317 g/mol. The maximum absolute atomic E-state index is 12.5. The topological polar surface area (TPSA) is 92.9 Å². The Morgan fingerprint density at radius 2 is 2.23 bits per heavy atom. The van der Waals surface area contributed by atoms with E-state index in [0.29, 0.717) is 16.5 Å². The van der Waals surface area contributed by atoms with Crippen LogP contribution < -0.4 is 16.4 Å². The van der Waals surface area contributed by atoms with Crippen LogP contribution in [-0.4, -0.2) is 29.0 Å². The summed E-state index contributed by atoms with van der Waals surface area (Å²) in [6.07, 6.45) is 2.54. The quantitative estimate of drug-likeness (QED) is 0.802. The third kappa shape index (κ3) is 2.89. The molecule has 0 aromatic carbocycles. The number of nitrogens with two attached hydrogens (primary N) is 1. The van der Waals surface area contributed by atoms with Gasteiger partial charge in [-0.3, -0.25) is 4.79 Å². The second kappa shape index (κ2) is 5.92. The fraction of sp³-hybridized carbons (Fsp3) is 0.400. The maximum atomic E-state index is 12.5. The van der Waals surface area contributed by atoms with E-state index < -0.39 is 0 Å². The SMILES string of the molecule is CNc1nc(C)ccc1C(=O)N[C@H]1CCc2nc(N)sc2C1. The summed E-state index contributed by atoms with van der Waals surface area (Å²) >= 11 is 1.52. The first-order chi connectivity index (χ1) is 10.6. The van der Waals surface area contributed by atoms with Crippen LogP contribution in [0.4, 0.5) is 10.9 Å².